The number of aromatic nitrogens is 1. The Bertz CT molecular complexity index is 1070. The number of amides is 2. The first-order valence-electron chi connectivity index (χ1n) is 9.96. The summed E-state index contributed by atoms with van der Waals surface area (Å²) in [6.45, 7) is 5.07. The second-order valence-corrected chi connectivity index (χ2v) is 8.53. The Balaban J connectivity index is 1.83. The Hall–Kier alpha value is -2.71. The van der Waals surface area contributed by atoms with Crippen LogP contribution in [0.3, 0.4) is 0 Å². The highest BCUT2D eigenvalue weighted by Gasteiger charge is 2.35. The molecule has 1 fully saturated rings. The van der Waals surface area contributed by atoms with Crippen molar-refractivity contribution in [2.24, 2.45) is 13.0 Å². The standard InChI is InChI=1S/C22H25ClFN3O4/c1-10-7-15(16(28)8-10)26-22(31)19(29)18-12(3)17(20(23)27(18)4)21(30)25-13-5-6-14(24)11(2)9-13/h5-6,9-10,15-16,28H,7-8H2,1-4H3,(H,25,30)(H,26,31)/t10?,15-,16+/m1/s1. The lowest BCUT2D eigenvalue weighted by atomic mass is 10.1. The van der Waals surface area contributed by atoms with Crippen LogP contribution in [0, 0.1) is 25.6 Å². The van der Waals surface area contributed by atoms with E-state index in [1.807, 2.05) is 6.92 Å². The number of benzene rings is 1. The van der Waals surface area contributed by atoms with Gasteiger partial charge in [-0.3, -0.25) is 14.4 Å². The molecular weight excluding hydrogens is 425 g/mol. The smallest absolute Gasteiger partial charge is 0.294 e. The van der Waals surface area contributed by atoms with Crippen LogP contribution >= 0.6 is 11.6 Å². The molecule has 1 unspecified atom stereocenters. The number of nitrogens with zero attached hydrogens (tertiary/aromatic N) is 1. The minimum absolute atomic E-state index is 0.000457. The van der Waals surface area contributed by atoms with E-state index in [0.29, 0.717) is 24.1 Å². The zero-order chi connectivity index (χ0) is 23.0. The van der Waals surface area contributed by atoms with Gasteiger partial charge < -0.3 is 20.3 Å². The molecular formula is C22H25ClFN3O4. The number of nitrogens with one attached hydrogen (secondary N) is 2. The van der Waals surface area contributed by atoms with Gasteiger partial charge in [-0.15, -0.1) is 0 Å². The number of aliphatic hydroxyl groups is 1. The number of carbonyl (C=O) groups is 3. The SMILES string of the molecule is Cc1cc(NC(=O)c2c(C)c(C(=O)C(=O)N[C@@H]3CC(C)C[C@@H]3O)n(C)c2Cl)ccc1F. The first-order chi connectivity index (χ1) is 14.5. The van der Waals surface area contributed by atoms with Gasteiger partial charge in [-0.05, 0) is 61.9 Å². The van der Waals surface area contributed by atoms with Crippen LogP contribution < -0.4 is 10.6 Å². The number of aliphatic hydroxyl groups excluding tert-OH is 1. The fourth-order valence-corrected chi connectivity index (χ4v) is 4.37. The van der Waals surface area contributed by atoms with Crippen LogP contribution in [0.2, 0.25) is 5.15 Å². The van der Waals surface area contributed by atoms with Gasteiger partial charge in [-0.1, -0.05) is 18.5 Å². The van der Waals surface area contributed by atoms with Gasteiger partial charge in [0, 0.05) is 12.7 Å². The van der Waals surface area contributed by atoms with Crippen molar-refractivity contribution in [3.63, 3.8) is 0 Å². The number of carbonyl (C=O) groups excluding carboxylic acids is 3. The topological polar surface area (TPSA) is 100 Å². The molecule has 1 aromatic carbocycles. The lowest BCUT2D eigenvalue weighted by Crippen LogP contribution is -2.43. The Labute approximate surface area is 184 Å². The summed E-state index contributed by atoms with van der Waals surface area (Å²) in [5, 5.41) is 15.3. The molecule has 1 aromatic heterocycles. The Morgan fingerprint density at radius 2 is 1.90 bits per heavy atom. The highest BCUT2D eigenvalue weighted by molar-refractivity contribution is 6.44. The van der Waals surface area contributed by atoms with E-state index in [2.05, 4.69) is 10.6 Å². The highest BCUT2D eigenvalue weighted by Crippen LogP contribution is 2.29. The summed E-state index contributed by atoms with van der Waals surface area (Å²) in [5.74, 6) is -2.44. The number of hydrogen-bond donors (Lipinski definition) is 3. The van der Waals surface area contributed by atoms with E-state index in [0.717, 1.165) is 0 Å². The number of halogens is 2. The molecule has 7 nitrogen and oxygen atoms in total. The van der Waals surface area contributed by atoms with Crippen molar-refractivity contribution < 1.29 is 23.9 Å². The second kappa shape index (κ2) is 8.80. The van der Waals surface area contributed by atoms with Crippen LogP contribution in [-0.2, 0) is 11.8 Å². The zero-order valence-electron chi connectivity index (χ0n) is 17.8. The molecule has 0 spiro atoms. The monoisotopic (exact) mass is 449 g/mol. The average molecular weight is 450 g/mol. The third kappa shape index (κ3) is 4.50. The molecule has 3 rings (SSSR count). The van der Waals surface area contributed by atoms with Crippen LogP contribution in [-0.4, -0.2) is 39.4 Å². The Kier molecular flexibility index (Phi) is 6.52. The first kappa shape index (κ1) is 23.0. The Morgan fingerprint density at radius 1 is 1.23 bits per heavy atom. The van der Waals surface area contributed by atoms with Gasteiger partial charge >= 0.3 is 0 Å². The molecule has 1 heterocycles. The summed E-state index contributed by atoms with van der Waals surface area (Å²) >= 11 is 6.32. The van der Waals surface area contributed by atoms with Crippen LogP contribution in [0.5, 0.6) is 0 Å². The van der Waals surface area contributed by atoms with E-state index in [1.54, 1.807) is 6.92 Å². The van der Waals surface area contributed by atoms with Crippen molar-refractivity contribution in [1.82, 2.24) is 9.88 Å². The number of anilines is 1. The molecule has 2 aromatic rings. The van der Waals surface area contributed by atoms with Crippen molar-refractivity contribution in [2.45, 2.75) is 45.8 Å². The maximum atomic E-state index is 13.5. The molecule has 0 saturated heterocycles. The first-order valence-corrected chi connectivity index (χ1v) is 10.3. The van der Waals surface area contributed by atoms with Crippen LogP contribution in [0.1, 0.15) is 51.7 Å². The van der Waals surface area contributed by atoms with Crippen LogP contribution in [0.15, 0.2) is 18.2 Å². The van der Waals surface area contributed by atoms with Gasteiger partial charge in [-0.2, -0.15) is 0 Å². The molecule has 3 N–H and O–H groups in total. The van der Waals surface area contributed by atoms with Gasteiger partial charge in [0.25, 0.3) is 17.6 Å². The maximum absolute atomic E-state index is 13.5. The number of aryl methyl sites for hydroxylation is 1. The van der Waals surface area contributed by atoms with E-state index in [9.17, 15) is 23.9 Å². The van der Waals surface area contributed by atoms with E-state index < -0.39 is 35.6 Å². The summed E-state index contributed by atoms with van der Waals surface area (Å²) in [4.78, 5) is 38.2. The molecule has 1 aliphatic rings. The molecule has 0 bridgehead atoms. The fourth-order valence-electron chi connectivity index (χ4n) is 4.05. The van der Waals surface area contributed by atoms with Crippen molar-refractivity contribution in [3.8, 4) is 0 Å². The third-order valence-corrected chi connectivity index (χ3v) is 6.15. The molecule has 31 heavy (non-hydrogen) atoms. The molecule has 0 aliphatic heterocycles. The summed E-state index contributed by atoms with van der Waals surface area (Å²) < 4.78 is 14.8. The average Bonchev–Trinajstić information content (AvgIpc) is 3.12. The summed E-state index contributed by atoms with van der Waals surface area (Å²) in [5.41, 5.74) is 1.03. The number of rotatable bonds is 5. The predicted octanol–water partition coefficient (Wildman–Crippen LogP) is 3.15. The second-order valence-electron chi connectivity index (χ2n) is 8.17. The normalized spacial score (nSPS) is 20.5. The van der Waals surface area contributed by atoms with Crippen LogP contribution in [0.25, 0.3) is 0 Å². The largest absolute Gasteiger partial charge is 0.391 e. The third-order valence-electron chi connectivity index (χ3n) is 5.71. The van der Waals surface area contributed by atoms with Crippen molar-refractivity contribution in [2.75, 3.05) is 5.32 Å². The number of Topliss-reactive ketones (excluding diaryl/α,β-unsaturated/α-hetero) is 1. The van der Waals surface area contributed by atoms with Gasteiger partial charge in [0.1, 0.15) is 11.0 Å². The zero-order valence-corrected chi connectivity index (χ0v) is 18.5. The lowest BCUT2D eigenvalue weighted by Gasteiger charge is -2.16. The maximum Gasteiger partial charge on any atom is 0.294 e. The lowest BCUT2D eigenvalue weighted by molar-refractivity contribution is -0.118. The molecule has 1 saturated carbocycles. The summed E-state index contributed by atoms with van der Waals surface area (Å²) in [7, 11) is 1.49. The van der Waals surface area contributed by atoms with E-state index >= 15 is 0 Å². The molecule has 1 aliphatic carbocycles. The van der Waals surface area contributed by atoms with Gasteiger partial charge in [0.05, 0.1) is 23.4 Å². The van der Waals surface area contributed by atoms with Crippen molar-refractivity contribution in [1.29, 1.82) is 0 Å². The molecule has 2 amide bonds. The van der Waals surface area contributed by atoms with Crippen LogP contribution in [0.4, 0.5) is 10.1 Å². The predicted molar refractivity (Wildman–Crippen MR) is 115 cm³/mol. The molecule has 3 atom stereocenters. The van der Waals surface area contributed by atoms with Gasteiger partial charge in [0.2, 0.25) is 0 Å². The van der Waals surface area contributed by atoms with Gasteiger partial charge in [-0.25, -0.2) is 4.39 Å². The fraction of sp³-hybridized carbons (Fsp3) is 0.409. The number of hydrogen-bond acceptors (Lipinski definition) is 4. The Morgan fingerprint density at radius 3 is 2.48 bits per heavy atom. The van der Waals surface area contributed by atoms with Gasteiger partial charge in [0.15, 0.2) is 0 Å². The summed E-state index contributed by atoms with van der Waals surface area (Å²) in [6.07, 6.45) is 0.435. The minimum atomic E-state index is -0.861. The van der Waals surface area contributed by atoms with E-state index in [4.69, 9.17) is 11.6 Å². The minimum Gasteiger partial charge on any atom is -0.391 e. The highest BCUT2D eigenvalue weighted by atomic mass is 35.5. The molecule has 0 radical (unpaired) electrons. The summed E-state index contributed by atoms with van der Waals surface area (Å²) in [6, 6.07) is 3.64. The van der Waals surface area contributed by atoms with Crippen molar-refractivity contribution in [3.05, 3.63) is 51.6 Å². The van der Waals surface area contributed by atoms with E-state index in [1.165, 1.54) is 36.7 Å². The van der Waals surface area contributed by atoms with Crippen molar-refractivity contribution >= 4 is 34.9 Å². The number of ketones is 1. The molecule has 166 valence electrons. The molecule has 9 heteroatoms. The quantitative estimate of drug-likeness (QED) is 0.482. The van der Waals surface area contributed by atoms with E-state index in [-0.39, 0.29) is 27.9 Å².